The van der Waals surface area contributed by atoms with Crippen LogP contribution in [0.2, 0.25) is 0 Å². The predicted octanol–water partition coefficient (Wildman–Crippen LogP) is 6.16. The van der Waals surface area contributed by atoms with Crippen LogP contribution < -0.4 is 0 Å². The van der Waals surface area contributed by atoms with Crippen molar-refractivity contribution in [1.29, 1.82) is 0 Å². The number of benzene rings is 2. The van der Waals surface area contributed by atoms with E-state index in [1.54, 1.807) is 0 Å². The summed E-state index contributed by atoms with van der Waals surface area (Å²) in [4.78, 5) is 19.6. The second kappa shape index (κ2) is 15.1. The highest BCUT2D eigenvalue weighted by atomic mass is 16.5. The maximum absolute atomic E-state index is 12.7. The first kappa shape index (κ1) is 30.0. The average Bonchev–Trinajstić information content (AvgIpc) is 3.34. The number of hydrogen-bond acceptors (Lipinski definition) is 7. The van der Waals surface area contributed by atoms with E-state index < -0.39 is 0 Å². The zero-order valence-corrected chi connectivity index (χ0v) is 24.4. The molecule has 1 heterocycles. The molecule has 1 fully saturated rings. The Morgan fingerprint density at radius 3 is 2.60 bits per heavy atom. The monoisotopic (exact) mass is 548 g/mol. The van der Waals surface area contributed by atoms with E-state index in [1.165, 1.54) is 11.1 Å². The lowest BCUT2D eigenvalue weighted by molar-refractivity contribution is -0.152. The van der Waals surface area contributed by atoms with Crippen LogP contribution in [0.15, 0.2) is 59.0 Å². The van der Waals surface area contributed by atoms with Gasteiger partial charge in [-0.15, -0.1) is 0 Å². The number of aryl methyl sites for hydroxylation is 2. The van der Waals surface area contributed by atoms with Gasteiger partial charge in [0.1, 0.15) is 11.5 Å². The number of esters is 1. The summed E-state index contributed by atoms with van der Waals surface area (Å²) in [7, 11) is 2.05. The molecular formula is C33H44N2O5. The molecule has 1 aliphatic carbocycles. The summed E-state index contributed by atoms with van der Waals surface area (Å²) in [6, 6.07) is 18.6. The molecule has 0 spiro atoms. The van der Waals surface area contributed by atoms with Gasteiger partial charge in [-0.1, -0.05) is 48.0 Å². The number of ether oxygens (including phenoxy) is 3. The third-order valence-electron chi connectivity index (χ3n) is 7.50. The summed E-state index contributed by atoms with van der Waals surface area (Å²) < 4.78 is 23.9. The van der Waals surface area contributed by atoms with Crippen molar-refractivity contribution < 1.29 is 23.4 Å². The van der Waals surface area contributed by atoms with E-state index in [1.807, 2.05) is 32.0 Å². The van der Waals surface area contributed by atoms with Crippen LogP contribution in [0.25, 0.3) is 11.5 Å². The van der Waals surface area contributed by atoms with Gasteiger partial charge in [0.2, 0.25) is 5.89 Å². The van der Waals surface area contributed by atoms with E-state index >= 15 is 0 Å². The Hall–Kier alpha value is -3.00. The van der Waals surface area contributed by atoms with Crippen molar-refractivity contribution in [2.75, 3.05) is 33.4 Å². The fourth-order valence-corrected chi connectivity index (χ4v) is 5.20. The van der Waals surface area contributed by atoms with Crippen molar-refractivity contribution in [3.8, 4) is 11.5 Å². The van der Waals surface area contributed by atoms with Crippen molar-refractivity contribution in [1.82, 2.24) is 9.88 Å². The molecule has 1 unspecified atom stereocenters. The van der Waals surface area contributed by atoms with Crippen LogP contribution in [-0.4, -0.2) is 61.4 Å². The Bertz CT molecular complexity index is 1190. The lowest BCUT2D eigenvalue weighted by atomic mass is 9.94. The summed E-state index contributed by atoms with van der Waals surface area (Å²) in [5, 5.41) is 0. The number of aromatic nitrogens is 1. The Morgan fingerprint density at radius 2 is 1.85 bits per heavy atom. The summed E-state index contributed by atoms with van der Waals surface area (Å²) in [6.07, 6.45) is 4.89. The summed E-state index contributed by atoms with van der Waals surface area (Å²) in [5.74, 6) is 0.903. The SMILES string of the molecule is CCOC(=O)C(CO[C@@H]1CCC[C@H](OCc2nc(-c3cccc(C)c3)oc2C)C1)CN(C)CCc1ccccc1. The van der Waals surface area contributed by atoms with Gasteiger partial charge in [-0.05, 0) is 77.6 Å². The van der Waals surface area contributed by atoms with Gasteiger partial charge < -0.3 is 23.5 Å². The molecule has 0 radical (unpaired) electrons. The van der Waals surface area contributed by atoms with Gasteiger partial charge in [0, 0.05) is 18.7 Å². The van der Waals surface area contributed by atoms with Crippen LogP contribution in [0.3, 0.4) is 0 Å². The van der Waals surface area contributed by atoms with Crippen molar-refractivity contribution in [2.24, 2.45) is 5.92 Å². The number of carbonyl (C=O) groups excluding carboxylic acids is 1. The maximum atomic E-state index is 12.7. The first-order valence-corrected chi connectivity index (χ1v) is 14.6. The van der Waals surface area contributed by atoms with E-state index in [0.29, 0.717) is 32.3 Å². The highest BCUT2D eigenvalue weighted by Gasteiger charge is 2.28. The zero-order valence-electron chi connectivity index (χ0n) is 24.4. The minimum atomic E-state index is -0.320. The topological polar surface area (TPSA) is 74.0 Å². The zero-order chi connectivity index (χ0) is 28.3. The van der Waals surface area contributed by atoms with Crippen LogP contribution >= 0.6 is 0 Å². The quantitative estimate of drug-likeness (QED) is 0.224. The van der Waals surface area contributed by atoms with E-state index in [0.717, 1.165) is 55.7 Å². The van der Waals surface area contributed by atoms with Gasteiger partial charge in [-0.25, -0.2) is 4.98 Å². The predicted molar refractivity (Wildman–Crippen MR) is 156 cm³/mol. The average molecular weight is 549 g/mol. The Kier molecular flexibility index (Phi) is 11.3. The Morgan fingerprint density at radius 1 is 1.07 bits per heavy atom. The molecule has 7 nitrogen and oxygen atoms in total. The number of oxazole rings is 1. The van der Waals surface area contributed by atoms with Crippen molar-refractivity contribution in [3.05, 3.63) is 77.2 Å². The van der Waals surface area contributed by atoms with Crippen LogP contribution in [-0.2, 0) is 32.0 Å². The molecule has 0 N–H and O–H groups in total. The van der Waals surface area contributed by atoms with Crippen molar-refractivity contribution in [3.63, 3.8) is 0 Å². The molecule has 1 aromatic heterocycles. The molecule has 216 valence electrons. The van der Waals surface area contributed by atoms with E-state index in [9.17, 15) is 4.79 Å². The van der Waals surface area contributed by atoms with Crippen LogP contribution in [0, 0.1) is 19.8 Å². The fourth-order valence-electron chi connectivity index (χ4n) is 5.20. The fraction of sp³-hybridized carbons (Fsp3) is 0.515. The minimum absolute atomic E-state index is 0.0616. The van der Waals surface area contributed by atoms with E-state index in [-0.39, 0.29) is 24.1 Å². The molecule has 40 heavy (non-hydrogen) atoms. The Balaban J connectivity index is 1.26. The van der Waals surface area contributed by atoms with Crippen LogP contribution in [0.4, 0.5) is 0 Å². The van der Waals surface area contributed by atoms with E-state index in [2.05, 4.69) is 55.3 Å². The smallest absolute Gasteiger partial charge is 0.312 e. The molecule has 0 bridgehead atoms. The molecule has 1 aliphatic rings. The molecule has 1 saturated carbocycles. The lowest BCUT2D eigenvalue weighted by Gasteiger charge is -2.30. The standard InChI is InChI=1S/C33H44N2O5/c1-5-37-33(36)28(21-35(4)18-17-26-12-7-6-8-13-26)22-38-29-15-10-16-30(20-29)39-23-31-25(3)40-32(34-31)27-14-9-11-24(2)19-27/h6-9,11-14,19,28-30H,5,10,15-18,20-23H2,1-4H3/t28?,29-,30+/m1/s1. The van der Waals surface area contributed by atoms with Gasteiger partial charge >= 0.3 is 5.97 Å². The van der Waals surface area contributed by atoms with Gasteiger partial charge in [0.15, 0.2) is 0 Å². The molecule has 7 heteroatoms. The largest absolute Gasteiger partial charge is 0.466 e. The third kappa shape index (κ3) is 9.01. The normalized spacial score (nSPS) is 18.1. The minimum Gasteiger partial charge on any atom is -0.466 e. The molecule has 4 rings (SSSR count). The highest BCUT2D eigenvalue weighted by molar-refractivity contribution is 5.72. The number of likely N-dealkylation sites (N-methyl/N-ethyl adjacent to an activating group) is 1. The first-order chi connectivity index (χ1) is 19.4. The number of nitrogens with zero attached hydrogens (tertiary/aromatic N) is 2. The third-order valence-corrected chi connectivity index (χ3v) is 7.50. The van der Waals surface area contributed by atoms with Crippen molar-refractivity contribution in [2.45, 2.75) is 71.7 Å². The van der Waals surface area contributed by atoms with Crippen LogP contribution in [0.5, 0.6) is 0 Å². The Labute approximate surface area is 238 Å². The second-order valence-corrected chi connectivity index (χ2v) is 10.9. The number of rotatable bonds is 14. The molecule has 3 aromatic rings. The summed E-state index contributed by atoms with van der Waals surface area (Å²) in [6.45, 7) is 8.45. The van der Waals surface area contributed by atoms with Gasteiger partial charge in [-0.2, -0.15) is 0 Å². The van der Waals surface area contributed by atoms with Gasteiger partial charge in [-0.3, -0.25) is 4.79 Å². The number of carbonyl (C=O) groups is 1. The first-order valence-electron chi connectivity index (χ1n) is 14.6. The summed E-state index contributed by atoms with van der Waals surface area (Å²) >= 11 is 0. The molecule has 0 aliphatic heterocycles. The maximum Gasteiger partial charge on any atom is 0.312 e. The van der Waals surface area contributed by atoms with Gasteiger partial charge in [0.05, 0.1) is 37.9 Å². The molecule has 0 saturated heterocycles. The number of hydrogen-bond donors (Lipinski definition) is 0. The van der Waals surface area contributed by atoms with Crippen molar-refractivity contribution >= 4 is 5.97 Å². The molecule has 0 amide bonds. The van der Waals surface area contributed by atoms with Crippen LogP contribution in [0.1, 0.15) is 55.2 Å². The van der Waals surface area contributed by atoms with E-state index in [4.69, 9.17) is 23.6 Å². The lowest BCUT2D eigenvalue weighted by Crippen LogP contribution is -2.37. The molecule has 2 aromatic carbocycles. The summed E-state index contributed by atoms with van der Waals surface area (Å²) in [5.41, 5.74) is 4.27. The second-order valence-electron chi connectivity index (χ2n) is 10.9. The molecular weight excluding hydrogens is 504 g/mol. The molecule has 3 atom stereocenters. The van der Waals surface area contributed by atoms with Gasteiger partial charge in [0.25, 0.3) is 0 Å². The highest BCUT2D eigenvalue weighted by Crippen LogP contribution is 2.27.